The Kier molecular flexibility index (Phi) is 3.99. The first-order valence-electron chi connectivity index (χ1n) is 6.25. The number of ether oxygens (including phenoxy) is 1. The SMILES string of the molecule is COC1CCC(Nc2cc(C)c(F)cc2[N+](=O)[O-])C1. The van der Waals surface area contributed by atoms with Crippen LogP contribution in [0.2, 0.25) is 0 Å². The van der Waals surface area contributed by atoms with Gasteiger partial charge in [0.25, 0.3) is 5.69 Å². The highest BCUT2D eigenvalue weighted by Crippen LogP contribution is 2.31. The van der Waals surface area contributed by atoms with Gasteiger partial charge >= 0.3 is 0 Å². The van der Waals surface area contributed by atoms with Gasteiger partial charge in [-0.1, -0.05) is 0 Å². The van der Waals surface area contributed by atoms with Gasteiger partial charge in [0, 0.05) is 13.2 Å². The number of nitrogens with one attached hydrogen (secondary N) is 1. The fourth-order valence-electron chi connectivity index (χ4n) is 2.44. The zero-order chi connectivity index (χ0) is 14.0. The van der Waals surface area contributed by atoms with Crippen molar-refractivity contribution in [3.8, 4) is 0 Å². The van der Waals surface area contributed by atoms with E-state index in [2.05, 4.69) is 5.32 Å². The third kappa shape index (κ3) is 3.01. The first kappa shape index (κ1) is 13.7. The van der Waals surface area contributed by atoms with Crippen LogP contribution in [0, 0.1) is 22.9 Å². The number of nitro benzene ring substituents is 1. The van der Waals surface area contributed by atoms with E-state index in [1.165, 1.54) is 6.07 Å². The van der Waals surface area contributed by atoms with E-state index in [4.69, 9.17) is 4.74 Å². The van der Waals surface area contributed by atoms with E-state index >= 15 is 0 Å². The van der Waals surface area contributed by atoms with Crippen molar-refractivity contribution in [1.82, 2.24) is 0 Å². The van der Waals surface area contributed by atoms with E-state index in [-0.39, 0.29) is 17.8 Å². The quantitative estimate of drug-likeness (QED) is 0.673. The van der Waals surface area contributed by atoms with Crippen molar-refractivity contribution in [2.45, 2.75) is 38.3 Å². The van der Waals surface area contributed by atoms with E-state index in [0.29, 0.717) is 11.3 Å². The summed E-state index contributed by atoms with van der Waals surface area (Å²) in [5.74, 6) is -0.557. The van der Waals surface area contributed by atoms with Gasteiger partial charge in [-0.25, -0.2) is 4.39 Å². The predicted octanol–water partition coefficient (Wildman–Crippen LogP) is 3.02. The summed E-state index contributed by atoms with van der Waals surface area (Å²) in [6.45, 7) is 1.59. The van der Waals surface area contributed by atoms with Crippen molar-refractivity contribution in [2.75, 3.05) is 12.4 Å². The van der Waals surface area contributed by atoms with Gasteiger partial charge in [-0.05, 0) is 37.8 Å². The molecule has 0 aliphatic heterocycles. The maximum Gasteiger partial charge on any atom is 0.295 e. The second-order valence-corrected chi connectivity index (χ2v) is 4.89. The van der Waals surface area contributed by atoms with E-state index in [9.17, 15) is 14.5 Å². The Morgan fingerprint density at radius 2 is 2.21 bits per heavy atom. The number of halogens is 1. The second-order valence-electron chi connectivity index (χ2n) is 4.89. The standard InChI is InChI=1S/C13H17FN2O3/c1-8-5-12(13(16(17)18)7-11(8)14)15-9-3-4-10(6-9)19-2/h5,7,9-10,15H,3-4,6H2,1-2H3. The van der Waals surface area contributed by atoms with Crippen LogP contribution >= 0.6 is 0 Å². The summed E-state index contributed by atoms with van der Waals surface area (Å²) in [6.07, 6.45) is 2.83. The van der Waals surface area contributed by atoms with Crippen molar-refractivity contribution in [1.29, 1.82) is 0 Å². The van der Waals surface area contributed by atoms with Crippen LogP contribution < -0.4 is 5.32 Å². The Balaban J connectivity index is 2.20. The molecule has 0 amide bonds. The lowest BCUT2D eigenvalue weighted by Crippen LogP contribution is -2.18. The molecule has 2 atom stereocenters. The molecule has 0 spiro atoms. The number of rotatable bonds is 4. The second kappa shape index (κ2) is 5.52. The zero-order valence-corrected chi connectivity index (χ0v) is 11.0. The zero-order valence-electron chi connectivity index (χ0n) is 11.0. The van der Waals surface area contributed by atoms with Crippen molar-refractivity contribution >= 4 is 11.4 Å². The number of nitrogens with zero attached hydrogens (tertiary/aromatic N) is 1. The highest BCUT2D eigenvalue weighted by atomic mass is 19.1. The van der Waals surface area contributed by atoms with Crippen molar-refractivity contribution in [3.63, 3.8) is 0 Å². The molecule has 104 valence electrons. The minimum Gasteiger partial charge on any atom is -0.381 e. The van der Waals surface area contributed by atoms with Crippen LogP contribution in [0.25, 0.3) is 0 Å². The molecule has 1 saturated carbocycles. The van der Waals surface area contributed by atoms with Crippen LogP contribution in [-0.4, -0.2) is 24.2 Å². The number of hydrogen-bond acceptors (Lipinski definition) is 4. The summed E-state index contributed by atoms with van der Waals surface area (Å²) < 4.78 is 18.7. The highest BCUT2D eigenvalue weighted by Gasteiger charge is 2.26. The van der Waals surface area contributed by atoms with Gasteiger partial charge in [0.05, 0.1) is 17.1 Å². The average Bonchev–Trinajstić information content (AvgIpc) is 2.81. The maximum absolute atomic E-state index is 13.4. The Morgan fingerprint density at radius 3 is 2.79 bits per heavy atom. The lowest BCUT2D eigenvalue weighted by Gasteiger charge is -2.15. The summed E-state index contributed by atoms with van der Waals surface area (Å²) in [4.78, 5) is 10.4. The van der Waals surface area contributed by atoms with Crippen molar-refractivity contribution in [2.24, 2.45) is 0 Å². The lowest BCUT2D eigenvalue weighted by atomic mass is 10.1. The Labute approximate surface area is 110 Å². The number of anilines is 1. The molecule has 6 heteroatoms. The van der Waals surface area contributed by atoms with Gasteiger partial charge in [0.1, 0.15) is 11.5 Å². The minimum atomic E-state index is -0.562. The molecule has 0 radical (unpaired) electrons. The third-order valence-electron chi connectivity index (χ3n) is 3.55. The minimum absolute atomic E-state index is 0.133. The largest absolute Gasteiger partial charge is 0.381 e. The van der Waals surface area contributed by atoms with Gasteiger partial charge in [-0.2, -0.15) is 0 Å². The molecule has 5 nitrogen and oxygen atoms in total. The fourth-order valence-corrected chi connectivity index (χ4v) is 2.44. The Hall–Kier alpha value is -1.69. The van der Waals surface area contributed by atoms with Gasteiger partial charge in [0.15, 0.2) is 0 Å². The Morgan fingerprint density at radius 1 is 1.47 bits per heavy atom. The maximum atomic E-state index is 13.4. The molecular weight excluding hydrogens is 251 g/mol. The molecule has 1 aromatic rings. The molecule has 0 saturated heterocycles. The van der Waals surface area contributed by atoms with Gasteiger partial charge < -0.3 is 10.1 Å². The Bertz CT molecular complexity index is 493. The highest BCUT2D eigenvalue weighted by molar-refractivity contribution is 5.63. The monoisotopic (exact) mass is 268 g/mol. The van der Waals surface area contributed by atoms with Gasteiger partial charge in [-0.3, -0.25) is 10.1 Å². The summed E-state index contributed by atoms with van der Waals surface area (Å²) in [5.41, 5.74) is 0.559. The molecule has 0 aromatic heterocycles. The molecule has 0 heterocycles. The van der Waals surface area contributed by atoms with Crippen LogP contribution in [0.4, 0.5) is 15.8 Å². The van der Waals surface area contributed by atoms with Crippen LogP contribution in [0.1, 0.15) is 24.8 Å². The van der Waals surface area contributed by atoms with E-state index in [0.717, 1.165) is 25.3 Å². The number of benzene rings is 1. The van der Waals surface area contributed by atoms with E-state index in [1.807, 2.05) is 0 Å². The number of methoxy groups -OCH3 is 1. The molecule has 0 bridgehead atoms. The van der Waals surface area contributed by atoms with Gasteiger partial charge in [-0.15, -0.1) is 0 Å². The summed E-state index contributed by atoms with van der Waals surface area (Å²) in [5, 5.41) is 14.1. The third-order valence-corrected chi connectivity index (χ3v) is 3.55. The van der Waals surface area contributed by atoms with Crippen LogP contribution in [0.3, 0.4) is 0 Å². The molecular formula is C13H17FN2O3. The number of hydrogen-bond donors (Lipinski definition) is 1. The molecule has 1 aliphatic carbocycles. The van der Waals surface area contributed by atoms with E-state index < -0.39 is 10.7 Å². The van der Waals surface area contributed by atoms with Crippen LogP contribution in [0.5, 0.6) is 0 Å². The fraction of sp³-hybridized carbons (Fsp3) is 0.538. The summed E-state index contributed by atoms with van der Waals surface area (Å²) in [6, 6.07) is 2.60. The predicted molar refractivity (Wildman–Crippen MR) is 69.9 cm³/mol. The summed E-state index contributed by atoms with van der Waals surface area (Å²) >= 11 is 0. The number of aryl methyl sites for hydroxylation is 1. The van der Waals surface area contributed by atoms with Crippen molar-refractivity contribution < 1.29 is 14.1 Å². The molecule has 1 aliphatic rings. The molecule has 19 heavy (non-hydrogen) atoms. The summed E-state index contributed by atoms with van der Waals surface area (Å²) in [7, 11) is 1.66. The van der Waals surface area contributed by atoms with E-state index in [1.54, 1.807) is 14.0 Å². The average molecular weight is 268 g/mol. The lowest BCUT2D eigenvalue weighted by molar-refractivity contribution is -0.384. The van der Waals surface area contributed by atoms with Crippen LogP contribution in [-0.2, 0) is 4.74 Å². The van der Waals surface area contributed by atoms with Crippen LogP contribution in [0.15, 0.2) is 12.1 Å². The van der Waals surface area contributed by atoms with Gasteiger partial charge in [0.2, 0.25) is 0 Å². The molecule has 1 fully saturated rings. The smallest absolute Gasteiger partial charge is 0.295 e. The molecule has 2 unspecified atom stereocenters. The van der Waals surface area contributed by atoms with Crippen molar-refractivity contribution in [3.05, 3.63) is 33.6 Å². The number of nitro groups is 1. The molecule has 2 rings (SSSR count). The first-order valence-corrected chi connectivity index (χ1v) is 6.25. The topological polar surface area (TPSA) is 64.4 Å². The molecule has 1 aromatic carbocycles. The normalized spacial score (nSPS) is 22.5. The first-order chi connectivity index (χ1) is 9.01. The molecule has 1 N–H and O–H groups in total.